The second kappa shape index (κ2) is 10.9. The summed E-state index contributed by atoms with van der Waals surface area (Å²) >= 11 is 0. The maximum atomic E-state index is 13.7. The number of nitrogens with one attached hydrogen (secondary N) is 1. The Morgan fingerprint density at radius 3 is 2.61 bits per heavy atom. The quantitative estimate of drug-likeness (QED) is 0.324. The summed E-state index contributed by atoms with van der Waals surface area (Å²) in [6, 6.07) is 15.2. The van der Waals surface area contributed by atoms with E-state index < -0.39 is 0 Å². The first kappa shape index (κ1) is 26.3. The molecule has 0 spiro atoms. The van der Waals surface area contributed by atoms with Gasteiger partial charge in [-0.15, -0.1) is 0 Å². The van der Waals surface area contributed by atoms with Crippen LogP contribution in [0.2, 0.25) is 0 Å². The zero-order valence-electron chi connectivity index (χ0n) is 23.3. The molecule has 1 aromatic carbocycles. The lowest BCUT2D eigenvalue weighted by molar-refractivity contribution is -0.119. The number of pyridine rings is 2. The van der Waals surface area contributed by atoms with Crippen LogP contribution in [0.25, 0.3) is 33.6 Å². The third-order valence-electron chi connectivity index (χ3n) is 7.75. The third-order valence-corrected chi connectivity index (χ3v) is 7.75. The number of aryl methyl sites for hydroxylation is 2. The van der Waals surface area contributed by atoms with Crippen LogP contribution in [-0.4, -0.2) is 35.2 Å². The molecule has 5 aromatic rings. The number of nitrogens with zero attached hydrogens (tertiary/aromatic N) is 6. The molecule has 0 radical (unpaired) electrons. The number of fused-ring (bicyclic) bond motifs is 4. The Balaban J connectivity index is 1.44. The van der Waals surface area contributed by atoms with E-state index >= 15 is 0 Å². The van der Waals surface area contributed by atoms with Crippen molar-refractivity contribution in [3.8, 4) is 33.6 Å². The molecule has 0 fully saturated rings. The molecule has 6 rings (SSSR count). The Hall–Kier alpha value is -4.92. The van der Waals surface area contributed by atoms with Crippen LogP contribution in [0.15, 0.2) is 84.4 Å². The number of hydrogen-bond acceptors (Lipinski definition) is 6. The van der Waals surface area contributed by atoms with Gasteiger partial charge < -0.3 is 5.32 Å². The van der Waals surface area contributed by atoms with E-state index in [1.165, 1.54) is 0 Å². The summed E-state index contributed by atoms with van der Waals surface area (Å²) in [6.07, 6.45) is 10.6. The molecule has 0 unspecified atom stereocenters. The molecule has 1 amide bonds. The molecule has 0 saturated carbocycles. The Labute approximate surface area is 238 Å². The van der Waals surface area contributed by atoms with Gasteiger partial charge in [0.1, 0.15) is 0 Å². The van der Waals surface area contributed by atoms with Crippen molar-refractivity contribution in [2.24, 2.45) is 13.0 Å². The van der Waals surface area contributed by atoms with Gasteiger partial charge in [0.25, 0.3) is 5.56 Å². The van der Waals surface area contributed by atoms with Crippen molar-refractivity contribution in [2.75, 3.05) is 5.32 Å². The summed E-state index contributed by atoms with van der Waals surface area (Å²) in [5, 5.41) is 7.42. The molecule has 5 heterocycles. The average molecular weight is 546 g/mol. The predicted octanol–water partition coefficient (Wildman–Crippen LogP) is 5.42. The van der Waals surface area contributed by atoms with Crippen LogP contribution in [-0.2, 0) is 11.8 Å². The zero-order chi connectivity index (χ0) is 28.5. The van der Waals surface area contributed by atoms with Gasteiger partial charge in [0, 0.05) is 54.3 Å². The van der Waals surface area contributed by atoms with Crippen LogP contribution < -0.4 is 10.9 Å². The topological polar surface area (TPSA) is 108 Å². The number of aromatic nitrogens is 6. The number of benzene rings is 1. The number of anilines is 1. The maximum absolute atomic E-state index is 13.7. The number of amides is 1. The Kier molecular flexibility index (Phi) is 7.01. The van der Waals surface area contributed by atoms with E-state index in [2.05, 4.69) is 15.4 Å². The summed E-state index contributed by atoms with van der Waals surface area (Å²) in [5.41, 5.74) is 7.39. The highest BCUT2D eigenvalue weighted by Crippen LogP contribution is 2.34. The van der Waals surface area contributed by atoms with E-state index in [9.17, 15) is 9.59 Å². The van der Waals surface area contributed by atoms with E-state index in [0.717, 1.165) is 45.6 Å². The first-order valence-corrected chi connectivity index (χ1v) is 13.8. The fraction of sp³-hybridized carbons (Fsp3) is 0.250. The lowest BCUT2D eigenvalue weighted by atomic mass is 9.96. The van der Waals surface area contributed by atoms with Gasteiger partial charge in [-0.25, -0.2) is 4.98 Å². The third kappa shape index (κ3) is 5.18. The molecule has 1 N–H and O–H groups in total. The van der Waals surface area contributed by atoms with E-state index in [0.29, 0.717) is 24.2 Å². The molecule has 2 bridgehead atoms. The molecule has 9 nitrogen and oxygen atoms in total. The number of carbonyl (C=O) groups is 1. The Morgan fingerprint density at radius 1 is 0.927 bits per heavy atom. The first-order chi connectivity index (χ1) is 19.9. The lowest BCUT2D eigenvalue weighted by Gasteiger charge is -2.22. The van der Waals surface area contributed by atoms with Gasteiger partial charge in [-0.3, -0.25) is 28.8 Å². The first-order valence-electron chi connectivity index (χ1n) is 13.8. The molecular formula is C32H31N7O2. The van der Waals surface area contributed by atoms with Crippen LogP contribution in [0.1, 0.15) is 43.5 Å². The summed E-state index contributed by atoms with van der Waals surface area (Å²) in [4.78, 5) is 40.4. The van der Waals surface area contributed by atoms with Crippen molar-refractivity contribution in [1.82, 2.24) is 29.3 Å². The largest absolute Gasteiger partial charge is 0.323 e. The Bertz CT molecular complexity index is 1790. The monoisotopic (exact) mass is 545 g/mol. The van der Waals surface area contributed by atoms with Crippen LogP contribution >= 0.6 is 0 Å². The van der Waals surface area contributed by atoms with Crippen LogP contribution in [0, 0.1) is 12.8 Å². The maximum Gasteiger partial charge on any atom is 0.254 e. The molecule has 206 valence electrons. The van der Waals surface area contributed by atoms with E-state index in [1.54, 1.807) is 40.2 Å². The minimum Gasteiger partial charge on any atom is -0.323 e. The smallest absolute Gasteiger partial charge is 0.254 e. The van der Waals surface area contributed by atoms with Crippen LogP contribution in [0.4, 0.5) is 5.69 Å². The van der Waals surface area contributed by atoms with Crippen molar-refractivity contribution in [3.05, 3.63) is 101 Å². The molecule has 41 heavy (non-hydrogen) atoms. The zero-order valence-corrected chi connectivity index (χ0v) is 23.3. The van der Waals surface area contributed by atoms with Gasteiger partial charge in [0.2, 0.25) is 5.91 Å². The number of hydrogen-bond donors (Lipinski definition) is 1. The lowest BCUT2D eigenvalue weighted by Crippen LogP contribution is -2.27. The van der Waals surface area contributed by atoms with Gasteiger partial charge in [0.15, 0.2) is 0 Å². The van der Waals surface area contributed by atoms with Gasteiger partial charge in [-0.1, -0.05) is 37.1 Å². The van der Waals surface area contributed by atoms with Gasteiger partial charge in [-0.2, -0.15) is 5.10 Å². The van der Waals surface area contributed by atoms with E-state index in [1.807, 2.05) is 69.6 Å². The van der Waals surface area contributed by atoms with Crippen molar-refractivity contribution in [2.45, 2.75) is 39.2 Å². The summed E-state index contributed by atoms with van der Waals surface area (Å²) in [6.45, 7) is 3.95. The van der Waals surface area contributed by atoms with Crippen molar-refractivity contribution in [1.29, 1.82) is 0 Å². The molecule has 1 aliphatic rings. The van der Waals surface area contributed by atoms with Crippen molar-refractivity contribution < 1.29 is 4.79 Å². The molecule has 4 aromatic heterocycles. The summed E-state index contributed by atoms with van der Waals surface area (Å²) in [7, 11) is 1.84. The van der Waals surface area contributed by atoms with Gasteiger partial charge >= 0.3 is 0 Å². The minimum absolute atomic E-state index is 0.0450. The SMILES string of the molecule is Cc1ccc(-c2cccnc2)c(-c2cc(=O)n([C@H]3CCC[C@@H](C)C(=O)Nc4cnn(C)c4-c4ccnc3c4)cn2)c1. The van der Waals surface area contributed by atoms with Gasteiger partial charge in [-0.05, 0) is 49.6 Å². The predicted molar refractivity (Wildman–Crippen MR) is 158 cm³/mol. The molecule has 0 saturated heterocycles. The molecular weight excluding hydrogens is 514 g/mol. The van der Waals surface area contributed by atoms with Crippen molar-refractivity contribution in [3.63, 3.8) is 0 Å². The van der Waals surface area contributed by atoms with Gasteiger partial charge in [0.05, 0.1) is 41.3 Å². The average Bonchev–Trinajstić information content (AvgIpc) is 3.34. The molecule has 9 heteroatoms. The normalized spacial score (nSPS) is 17.2. The molecule has 2 atom stereocenters. The highest BCUT2D eigenvalue weighted by molar-refractivity contribution is 5.95. The second-order valence-corrected chi connectivity index (χ2v) is 10.6. The highest BCUT2D eigenvalue weighted by atomic mass is 16.2. The molecule has 0 aliphatic carbocycles. The van der Waals surface area contributed by atoms with Crippen LogP contribution in [0.5, 0.6) is 0 Å². The summed E-state index contributed by atoms with van der Waals surface area (Å²) < 4.78 is 3.40. The van der Waals surface area contributed by atoms with Crippen molar-refractivity contribution >= 4 is 11.6 Å². The fourth-order valence-electron chi connectivity index (χ4n) is 5.52. The van der Waals surface area contributed by atoms with Crippen LogP contribution in [0.3, 0.4) is 0 Å². The molecule has 1 aliphatic heterocycles. The minimum atomic E-state index is -0.342. The number of carbonyl (C=O) groups excluding carboxylic acids is 1. The fourth-order valence-corrected chi connectivity index (χ4v) is 5.52. The Morgan fingerprint density at radius 2 is 1.80 bits per heavy atom. The standard InChI is InChI=1S/C32H31N7O2/c1-20-9-10-24(23-7-5-12-33-17-23)25(14-20)26-16-30(40)39(19-35-26)29-8-4-6-21(2)32(41)37-28-18-36-38(3)31(28)22-11-13-34-27(29)15-22/h5,7,9-19,21,29H,4,6,8H2,1-3H3,(H,37,41)/t21-,29+/m1/s1. The highest BCUT2D eigenvalue weighted by Gasteiger charge is 2.24. The number of rotatable bonds is 3. The van der Waals surface area contributed by atoms with E-state index in [-0.39, 0.29) is 23.4 Å². The van der Waals surface area contributed by atoms with E-state index in [4.69, 9.17) is 9.97 Å². The second-order valence-electron chi connectivity index (χ2n) is 10.6. The summed E-state index contributed by atoms with van der Waals surface area (Å²) in [5.74, 6) is -0.240.